The van der Waals surface area contributed by atoms with Crippen LogP contribution in [0.1, 0.15) is 27.8 Å². The maximum Gasteiger partial charge on any atom is 0.275 e. The number of H-pyrrole nitrogens is 1. The van der Waals surface area contributed by atoms with E-state index in [0.717, 1.165) is 0 Å². The molecule has 26 heavy (non-hydrogen) atoms. The quantitative estimate of drug-likeness (QED) is 0.568. The van der Waals surface area contributed by atoms with Crippen molar-refractivity contribution in [3.63, 3.8) is 0 Å². The second kappa shape index (κ2) is 6.60. The zero-order valence-electron chi connectivity index (χ0n) is 13.0. The van der Waals surface area contributed by atoms with Crippen molar-refractivity contribution in [3.8, 4) is 5.88 Å². The third-order valence-corrected chi connectivity index (χ3v) is 5.04. The summed E-state index contributed by atoms with van der Waals surface area (Å²) in [6.45, 7) is 0. The molecule has 0 bridgehead atoms. The van der Waals surface area contributed by atoms with E-state index in [2.05, 4.69) is 15.3 Å². The Bertz CT molecular complexity index is 1070. The molecule has 1 aliphatic heterocycles. The number of hydrogen-bond donors (Lipinski definition) is 3. The Morgan fingerprint density at radius 1 is 1.50 bits per heavy atom. The highest BCUT2D eigenvalue weighted by molar-refractivity contribution is 7.71. The SMILES string of the molecule is O=C(Nc1ccc(C2OC=Cn3c2c(O)[nH]c3=S)c(Cl)c1)c1cscn1. The number of aromatic nitrogens is 3. The van der Waals surface area contributed by atoms with Gasteiger partial charge in [-0.15, -0.1) is 11.3 Å². The third kappa shape index (κ3) is 2.90. The summed E-state index contributed by atoms with van der Waals surface area (Å²) >= 11 is 12.9. The highest BCUT2D eigenvalue weighted by atomic mass is 35.5. The van der Waals surface area contributed by atoms with E-state index in [4.69, 9.17) is 28.6 Å². The fourth-order valence-electron chi connectivity index (χ4n) is 2.64. The van der Waals surface area contributed by atoms with Gasteiger partial charge in [-0.1, -0.05) is 17.7 Å². The molecule has 0 fully saturated rings. The van der Waals surface area contributed by atoms with Crippen molar-refractivity contribution in [2.45, 2.75) is 6.10 Å². The average molecular weight is 407 g/mol. The summed E-state index contributed by atoms with van der Waals surface area (Å²) in [4.78, 5) is 18.7. The largest absolute Gasteiger partial charge is 0.493 e. The number of ether oxygens (including phenoxy) is 1. The van der Waals surface area contributed by atoms with Crippen LogP contribution in [0, 0.1) is 4.77 Å². The zero-order valence-corrected chi connectivity index (χ0v) is 15.4. The third-order valence-electron chi connectivity index (χ3n) is 3.82. The van der Waals surface area contributed by atoms with Crippen LogP contribution < -0.4 is 5.32 Å². The summed E-state index contributed by atoms with van der Waals surface area (Å²) in [6, 6.07) is 5.05. The number of nitrogens with zero attached hydrogens (tertiary/aromatic N) is 2. The van der Waals surface area contributed by atoms with Gasteiger partial charge in [-0.25, -0.2) is 4.98 Å². The molecule has 1 aliphatic rings. The van der Waals surface area contributed by atoms with Gasteiger partial charge in [0.05, 0.1) is 5.51 Å². The van der Waals surface area contributed by atoms with Crippen molar-refractivity contribution in [2.75, 3.05) is 5.32 Å². The normalized spacial score (nSPS) is 15.3. The van der Waals surface area contributed by atoms with Crippen LogP contribution in [0.5, 0.6) is 5.88 Å². The van der Waals surface area contributed by atoms with Crippen LogP contribution in [0.4, 0.5) is 5.69 Å². The number of aromatic amines is 1. The molecular weight excluding hydrogens is 396 g/mol. The minimum atomic E-state index is -0.635. The van der Waals surface area contributed by atoms with Gasteiger partial charge >= 0.3 is 0 Å². The molecule has 7 nitrogen and oxygen atoms in total. The summed E-state index contributed by atoms with van der Waals surface area (Å²) < 4.78 is 7.61. The van der Waals surface area contributed by atoms with Crippen molar-refractivity contribution < 1.29 is 14.6 Å². The maximum atomic E-state index is 12.1. The summed E-state index contributed by atoms with van der Waals surface area (Å²) in [5, 5.41) is 14.9. The Labute approximate surface area is 161 Å². The molecule has 3 aromatic rings. The molecule has 3 N–H and O–H groups in total. The van der Waals surface area contributed by atoms with Crippen LogP contribution in [0.15, 0.2) is 35.4 Å². The molecular formula is C16H11ClN4O3S2. The Kier molecular flexibility index (Phi) is 4.27. The van der Waals surface area contributed by atoms with Crippen LogP contribution in [-0.4, -0.2) is 25.5 Å². The monoisotopic (exact) mass is 406 g/mol. The van der Waals surface area contributed by atoms with Crippen LogP contribution >= 0.6 is 35.2 Å². The van der Waals surface area contributed by atoms with E-state index in [1.165, 1.54) is 17.6 Å². The van der Waals surface area contributed by atoms with Gasteiger partial charge in [0.1, 0.15) is 17.6 Å². The molecule has 1 aromatic carbocycles. The van der Waals surface area contributed by atoms with Crippen LogP contribution in [0.2, 0.25) is 5.02 Å². The van der Waals surface area contributed by atoms with E-state index in [1.807, 2.05) is 0 Å². The summed E-state index contributed by atoms with van der Waals surface area (Å²) in [6.07, 6.45) is 2.46. The van der Waals surface area contributed by atoms with Gasteiger partial charge in [0, 0.05) is 27.9 Å². The second-order valence-corrected chi connectivity index (χ2v) is 6.91. The van der Waals surface area contributed by atoms with E-state index in [9.17, 15) is 9.90 Å². The van der Waals surface area contributed by atoms with Crippen LogP contribution in [-0.2, 0) is 4.74 Å². The summed E-state index contributed by atoms with van der Waals surface area (Å²) in [7, 11) is 0. The number of nitrogens with one attached hydrogen (secondary N) is 2. The first kappa shape index (κ1) is 16.8. The van der Waals surface area contributed by atoms with Crippen molar-refractivity contribution >= 4 is 53.0 Å². The van der Waals surface area contributed by atoms with Crippen LogP contribution in [0.25, 0.3) is 6.20 Å². The van der Waals surface area contributed by atoms with Gasteiger partial charge in [0.15, 0.2) is 10.9 Å². The highest BCUT2D eigenvalue weighted by Crippen LogP contribution is 2.39. The van der Waals surface area contributed by atoms with Crippen molar-refractivity contribution in [1.29, 1.82) is 0 Å². The number of halogens is 1. The molecule has 132 valence electrons. The lowest BCUT2D eigenvalue weighted by atomic mass is 10.1. The fourth-order valence-corrected chi connectivity index (χ4v) is 3.71. The van der Waals surface area contributed by atoms with Gasteiger partial charge in [0.25, 0.3) is 5.91 Å². The van der Waals surface area contributed by atoms with Gasteiger partial charge in [-0.3, -0.25) is 9.36 Å². The van der Waals surface area contributed by atoms with Crippen molar-refractivity contribution in [3.05, 3.63) is 62.1 Å². The molecule has 10 heteroatoms. The minimum absolute atomic E-state index is 0.0821. The number of anilines is 1. The highest BCUT2D eigenvalue weighted by Gasteiger charge is 2.28. The standard InChI is InChI=1S/C16H11ClN4O3S2/c17-10-5-8(19-14(22)11-6-26-7-18-11)1-2-9(10)13-12-15(23)20-16(25)21(12)3-4-24-13/h1-7,13,23H,(H,19,22)(H,20,25). The number of hydrogen-bond acceptors (Lipinski definition) is 6. The lowest BCUT2D eigenvalue weighted by Crippen LogP contribution is -2.14. The number of aromatic hydroxyl groups is 1. The van der Waals surface area contributed by atoms with Gasteiger partial charge in [-0.2, -0.15) is 0 Å². The lowest BCUT2D eigenvalue weighted by Gasteiger charge is -2.22. The second-order valence-electron chi connectivity index (χ2n) is 5.40. The molecule has 4 rings (SSSR count). The Morgan fingerprint density at radius 3 is 3.08 bits per heavy atom. The Hall–Kier alpha value is -2.62. The lowest BCUT2D eigenvalue weighted by molar-refractivity contribution is 0.102. The Balaban J connectivity index is 1.64. The number of carbonyl (C=O) groups is 1. The first-order valence-electron chi connectivity index (χ1n) is 7.39. The van der Waals surface area contributed by atoms with E-state index in [-0.39, 0.29) is 11.8 Å². The molecule has 0 saturated carbocycles. The fraction of sp³-hybridized carbons (Fsp3) is 0.0625. The van der Waals surface area contributed by atoms with E-state index in [0.29, 0.717) is 32.4 Å². The molecule has 2 aromatic heterocycles. The predicted molar refractivity (Wildman–Crippen MR) is 101 cm³/mol. The topological polar surface area (TPSA) is 92.2 Å². The summed E-state index contributed by atoms with van der Waals surface area (Å²) in [5.41, 5.74) is 3.54. The average Bonchev–Trinajstić information content (AvgIpc) is 3.24. The molecule has 1 atom stereocenters. The van der Waals surface area contributed by atoms with E-state index in [1.54, 1.807) is 39.9 Å². The first-order chi connectivity index (χ1) is 12.5. The molecule has 0 spiro atoms. The van der Waals surface area contributed by atoms with Crippen molar-refractivity contribution in [2.24, 2.45) is 0 Å². The molecule has 1 unspecified atom stereocenters. The Morgan fingerprint density at radius 2 is 2.35 bits per heavy atom. The number of carbonyl (C=O) groups excluding carboxylic acids is 1. The van der Waals surface area contributed by atoms with Gasteiger partial charge in [-0.05, 0) is 24.4 Å². The van der Waals surface area contributed by atoms with Crippen LogP contribution in [0.3, 0.4) is 0 Å². The molecule has 0 aliphatic carbocycles. The minimum Gasteiger partial charge on any atom is -0.493 e. The smallest absolute Gasteiger partial charge is 0.275 e. The number of rotatable bonds is 3. The molecule has 1 amide bonds. The molecule has 0 radical (unpaired) electrons. The van der Waals surface area contributed by atoms with E-state index >= 15 is 0 Å². The van der Waals surface area contributed by atoms with Gasteiger partial charge in [0.2, 0.25) is 5.88 Å². The molecule has 0 saturated heterocycles. The predicted octanol–water partition coefficient (Wildman–Crippen LogP) is 4.16. The van der Waals surface area contributed by atoms with Gasteiger partial charge < -0.3 is 20.1 Å². The molecule has 3 heterocycles. The maximum absolute atomic E-state index is 12.1. The zero-order chi connectivity index (χ0) is 18.3. The number of imidazole rings is 1. The number of thiazole rings is 1. The summed E-state index contributed by atoms with van der Waals surface area (Å²) in [5.74, 6) is -0.398. The number of amides is 1. The number of fused-ring (bicyclic) bond motifs is 1. The van der Waals surface area contributed by atoms with Crippen molar-refractivity contribution in [1.82, 2.24) is 14.5 Å². The van der Waals surface area contributed by atoms with E-state index < -0.39 is 6.10 Å². The first-order valence-corrected chi connectivity index (χ1v) is 9.12. The number of benzene rings is 1.